The van der Waals surface area contributed by atoms with E-state index in [1.165, 1.54) is 4.31 Å². The SMILES string of the molecule is COc1ccc(S(=O)(=O)N(Cc2ccc(N(C)C)cc2)Cc2ccco2)cc1. The minimum absolute atomic E-state index is 0.150. The van der Waals surface area contributed by atoms with Gasteiger partial charge in [0, 0.05) is 26.3 Å². The molecule has 148 valence electrons. The van der Waals surface area contributed by atoms with Gasteiger partial charge in [-0.3, -0.25) is 0 Å². The van der Waals surface area contributed by atoms with Gasteiger partial charge in [0.15, 0.2) is 0 Å². The van der Waals surface area contributed by atoms with Crippen molar-refractivity contribution in [2.24, 2.45) is 0 Å². The van der Waals surface area contributed by atoms with E-state index in [-0.39, 0.29) is 18.0 Å². The number of hydrogen-bond donors (Lipinski definition) is 0. The highest BCUT2D eigenvalue weighted by molar-refractivity contribution is 7.89. The quantitative estimate of drug-likeness (QED) is 0.576. The lowest BCUT2D eigenvalue weighted by Gasteiger charge is -2.22. The van der Waals surface area contributed by atoms with Crippen molar-refractivity contribution >= 4 is 15.7 Å². The van der Waals surface area contributed by atoms with Gasteiger partial charge in [0.25, 0.3) is 0 Å². The summed E-state index contributed by atoms with van der Waals surface area (Å²) in [5, 5.41) is 0. The van der Waals surface area contributed by atoms with Crippen LogP contribution in [0.5, 0.6) is 5.75 Å². The van der Waals surface area contributed by atoms with Crippen LogP contribution in [0.15, 0.2) is 76.2 Å². The molecule has 0 aliphatic rings. The molecule has 0 radical (unpaired) electrons. The highest BCUT2D eigenvalue weighted by atomic mass is 32.2. The van der Waals surface area contributed by atoms with Crippen molar-refractivity contribution in [3.8, 4) is 5.75 Å². The predicted octanol–water partition coefficient (Wildman–Crippen LogP) is 3.75. The van der Waals surface area contributed by atoms with Crippen LogP contribution in [0.25, 0.3) is 0 Å². The molecular formula is C21H24N2O4S. The van der Waals surface area contributed by atoms with Crippen LogP contribution in [0.4, 0.5) is 5.69 Å². The van der Waals surface area contributed by atoms with E-state index in [0.717, 1.165) is 11.3 Å². The summed E-state index contributed by atoms with van der Waals surface area (Å²) >= 11 is 0. The zero-order valence-corrected chi connectivity index (χ0v) is 17.0. The van der Waals surface area contributed by atoms with Crippen molar-refractivity contribution in [2.45, 2.75) is 18.0 Å². The molecule has 28 heavy (non-hydrogen) atoms. The van der Waals surface area contributed by atoms with E-state index < -0.39 is 10.0 Å². The van der Waals surface area contributed by atoms with Gasteiger partial charge in [0.1, 0.15) is 11.5 Å². The Hall–Kier alpha value is -2.77. The fraction of sp³-hybridized carbons (Fsp3) is 0.238. The first-order valence-corrected chi connectivity index (χ1v) is 10.3. The van der Waals surface area contributed by atoms with Crippen LogP contribution >= 0.6 is 0 Å². The molecule has 0 N–H and O–H groups in total. The number of nitrogens with zero attached hydrogens (tertiary/aromatic N) is 2. The van der Waals surface area contributed by atoms with E-state index >= 15 is 0 Å². The van der Waals surface area contributed by atoms with Gasteiger partial charge in [-0.15, -0.1) is 0 Å². The number of rotatable bonds is 8. The number of methoxy groups -OCH3 is 1. The third-order valence-corrected chi connectivity index (χ3v) is 6.23. The standard InChI is InChI=1S/C21H24N2O4S/c1-22(2)18-8-6-17(7-9-18)15-23(16-20-5-4-14-27-20)28(24,25)21-12-10-19(26-3)11-13-21/h4-14H,15-16H2,1-3H3. The van der Waals surface area contributed by atoms with Crippen molar-refractivity contribution in [1.82, 2.24) is 4.31 Å². The first-order chi connectivity index (χ1) is 13.4. The molecule has 0 aliphatic heterocycles. The minimum Gasteiger partial charge on any atom is -0.497 e. The molecule has 0 saturated carbocycles. The molecule has 0 saturated heterocycles. The van der Waals surface area contributed by atoms with Gasteiger partial charge in [-0.25, -0.2) is 8.42 Å². The second-order valence-electron chi connectivity index (χ2n) is 6.59. The molecule has 1 heterocycles. The topological polar surface area (TPSA) is 63.0 Å². The smallest absolute Gasteiger partial charge is 0.243 e. The van der Waals surface area contributed by atoms with Crippen molar-refractivity contribution < 1.29 is 17.6 Å². The van der Waals surface area contributed by atoms with Crippen molar-refractivity contribution in [3.63, 3.8) is 0 Å². The van der Waals surface area contributed by atoms with E-state index in [9.17, 15) is 8.42 Å². The van der Waals surface area contributed by atoms with E-state index in [2.05, 4.69) is 0 Å². The lowest BCUT2D eigenvalue weighted by Crippen LogP contribution is -2.30. The van der Waals surface area contributed by atoms with Gasteiger partial charge in [0.2, 0.25) is 10.0 Å². The van der Waals surface area contributed by atoms with Crippen LogP contribution < -0.4 is 9.64 Å². The molecule has 7 heteroatoms. The third-order valence-electron chi connectivity index (χ3n) is 4.42. The molecule has 0 bridgehead atoms. The van der Waals surface area contributed by atoms with E-state index in [1.807, 2.05) is 43.3 Å². The maximum Gasteiger partial charge on any atom is 0.243 e. The number of benzene rings is 2. The Morgan fingerprint density at radius 3 is 2.14 bits per heavy atom. The maximum absolute atomic E-state index is 13.3. The summed E-state index contributed by atoms with van der Waals surface area (Å²) in [5.41, 5.74) is 1.95. The molecule has 0 aliphatic carbocycles. The second kappa shape index (κ2) is 8.50. The van der Waals surface area contributed by atoms with E-state index in [4.69, 9.17) is 9.15 Å². The summed E-state index contributed by atoms with van der Waals surface area (Å²) < 4.78 is 38.5. The Morgan fingerprint density at radius 1 is 0.929 bits per heavy atom. The van der Waals surface area contributed by atoms with Gasteiger partial charge in [-0.2, -0.15) is 4.31 Å². The summed E-state index contributed by atoms with van der Waals surface area (Å²) in [7, 11) is 1.76. The third kappa shape index (κ3) is 4.55. The number of ether oxygens (including phenoxy) is 1. The highest BCUT2D eigenvalue weighted by Crippen LogP contribution is 2.24. The van der Waals surface area contributed by atoms with Crippen LogP contribution in [0.3, 0.4) is 0 Å². The van der Waals surface area contributed by atoms with Gasteiger partial charge in [0.05, 0.1) is 24.8 Å². The molecule has 0 unspecified atom stereocenters. The van der Waals surface area contributed by atoms with E-state index in [1.54, 1.807) is 49.8 Å². The summed E-state index contributed by atoms with van der Waals surface area (Å²) in [4.78, 5) is 2.21. The molecule has 0 atom stereocenters. The Morgan fingerprint density at radius 2 is 1.61 bits per heavy atom. The van der Waals surface area contributed by atoms with Crippen molar-refractivity contribution in [1.29, 1.82) is 0 Å². The molecule has 0 amide bonds. The highest BCUT2D eigenvalue weighted by Gasteiger charge is 2.26. The van der Waals surface area contributed by atoms with Gasteiger partial charge in [-0.1, -0.05) is 12.1 Å². The molecule has 3 aromatic rings. The van der Waals surface area contributed by atoms with Crippen molar-refractivity contribution in [3.05, 3.63) is 78.3 Å². The summed E-state index contributed by atoms with van der Waals surface area (Å²) in [6.45, 7) is 0.388. The molecular weight excluding hydrogens is 376 g/mol. The molecule has 1 aromatic heterocycles. The largest absolute Gasteiger partial charge is 0.497 e. The molecule has 6 nitrogen and oxygen atoms in total. The molecule has 2 aromatic carbocycles. The summed E-state index contributed by atoms with van der Waals surface area (Å²) in [5.74, 6) is 1.19. The van der Waals surface area contributed by atoms with E-state index in [0.29, 0.717) is 11.5 Å². The maximum atomic E-state index is 13.3. The zero-order valence-electron chi connectivity index (χ0n) is 16.2. The Bertz CT molecular complexity index is 980. The molecule has 0 fully saturated rings. The van der Waals surface area contributed by atoms with Crippen LogP contribution in [-0.4, -0.2) is 33.9 Å². The summed E-state index contributed by atoms with van der Waals surface area (Å²) in [6.07, 6.45) is 1.54. The summed E-state index contributed by atoms with van der Waals surface area (Å²) in [6, 6.07) is 17.7. The molecule has 0 spiro atoms. The average molecular weight is 401 g/mol. The van der Waals surface area contributed by atoms with Crippen molar-refractivity contribution in [2.75, 3.05) is 26.1 Å². The van der Waals surface area contributed by atoms with Crippen LogP contribution in [0, 0.1) is 0 Å². The molecule has 3 rings (SSSR count). The number of anilines is 1. The second-order valence-corrected chi connectivity index (χ2v) is 8.53. The average Bonchev–Trinajstić information content (AvgIpc) is 3.21. The predicted molar refractivity (Wildman–Crippen MR) is 109 cm³/mol. The van der Waals surface area contributed by atoms with Crippen LogP contribution in [0.2, 0.25) is 0 Å². The fourth-order valence-corrected chi connectivity index (χ4v) is 4.20. The lowest BCUT2D eigenvalue weighted by molar-refractivity contribution is 0.358. The number of sulfonamides is 1. The normalized spacial score (nSPS) is 11.6. The lowest BCUT2D eigenvalue weighted by atomic mass is 10.2. The number of furan rings is 1. The number of hydrogen-bond acceptors (Lipinski definition) is 5. The Labute approximate surface area is 166 Å². The van der Waals surface area contributed by atoms with Crippen LogP contribution in [-0.2, 0) is 23.1 Å². The zero-order chi connectivity index (χ0) is 20.1. The first kappa shape index (κ1) is 20.0. The monoisotopic (exact) mass is 400 g/mol. The Kier molecular flexibility index (Phi) is 6.06. The van der Waals surface area contributed by atoms with Gasteiger partial charge in [-0.05, 0) is 54.1 Å². The van der Waals surface area contributed by atoms with Gasteiger partial charge < -0.3 is 14.1 Å². The van der Waals surface area contributed by atoms with Crippen LogP contribution in [0.1, 0.15) is 11.3 Å². The Balaban J connectivity index is 1.91. The fourth-order valence-electron chi connectivity index (χ4n) is 2.80. The van der Waals surface area contributed by atoms with Gasteiger partial charge >= 0.3 is 0 Å². The minimum atomic E-state index is -3.72. The first-order valence-electron chi connectivity index (χ1n) is 8.83.